The first-order valence-corrected chi connectivity index (χ1v) is 5.22. The van der Waals surface area contributed by atoms with Gasteiger partial charge in [0.1, 0.15) is 5.75 Å². The van der Waals surface area contributed by atoms with Crippen LogP contribution in [0.25, 0.3) is 0 Å². The summed E-state index contributed by atoms with van der Waals surface area (Å²) in [7, 11) is 1.29. The lowest BCUT2D eigenvalue weighted by atomic mass is 10.2. The van der Waals surface area contributed by atoms with Gasteiger partial charge in [0, 0.05) is 11.8 Å². The fraction of sp³-hybridized carbons (Fsp3) is 0.455. The summed E-state index contributed by atoms with van der Waals surface area (Å²) < 4.78 is 82.2. The summed E-state index contributed by atoms with van der Waals surface area (Å²) in [5.41, 5.74) is 5.61. The van der Waals surface area contributed by atoms with Crippen molar-refractivity contribution in [2.24, 2.45) is 0 Å². The molecule has 0 atom stereocenters. The third kappa shape index (κ3) is 4.48. The summed E-state index contributed by atoms with van der Waals surface area (Å²) in [4.78, 5) is 0. The van der Waals surface area contributed by atoms with Crippen molar-refractivity contribution in [3.8, 4) is 5.75 Å². The van der Waals surface area contributed by atoms with Crippen LogP contribution in [0.4, 0.5) is 32.0 Å². The largest absolute Gasteiger partial charge is 0.497 e. The average Bonchev–Trinajstić information content (AvgIpc) is 2.24. The Kier molecular flexibility index (Phi) is 4.74. The molecular weight excluding hydrogens is 292 g/mol. The van der Waals surface area contributed by atoms with Gasteiger partial charge in [-0.3, -0.25) is 0 Å². The van der Waals surface area contributed by atoms with Crippen molar-refractivity contribution in [1.82, 2.24) is 0 Å². The number of nitrogen functional groups attached to an aromatic ring is 1. The first-order valence-electron chi connectivity index (χ1n) is 5.22. The number of hydrogen-bond acceptors (Lipinski definition) is 3. The SMILES string of the molecule is COc1cc(N)cc(COC(C(F)(F)F)C(F)(F)F)c1. The predicted octanol–water partition coefficient (Wildman–Crippen LogP) is 3.29. The zero-order chi connectivity index (χ0) is 15.6. The summed E-state index contributed by atoms with van der Waals surface area (Å²) in [6.45, 7) is -0.898. The molecule has 1 rings (SSSR count). The summed E-state index contributed by atoms with van der Waals surface area (Å²) in [5, 5.41) is 0. The predicted molar refractivity (Wildman–Crippen MR) is 58.1 cm³/mol. The molecule has 0 fully saturated rings. The lowest BCUT2D eigenvalue weighted by Crippen LogP contribution is -2.44. The number of ether oxygens (including phenoxy) is 2. The number of alkyl halides is 6. The number of benzene rings is 1. The van der Waals surface area contributed by atoms with Crippen molar-refractivity contribution < 1.29 is 35.8 Å². The van der Waals surface area contributed by atoms with Crippen molar-refractivity contribution in [1.29, 1.82) is 0 Å². The minimum atomic E-state index is -5.54. The Hall–Kier alpha value is -1.64. The van der Waals surface area contributed by atoms with E-state index in [0.717, 1.165) is 0 Å². The Labute approximate surface area is 110 Å². The van der Waals surface area contributed by atoms with E-state index < -0.39 is 25.1 Å². The van der Waals surface area contributed by atoms with Gasteiger partial charge in [0.2, 0.25) is 6.10 Å². The zero-order valence-electron chi connectivity index (χ0n) is 10.2. The number of anilines is 1. The van der Waals surface area contributed by atoms with Gasteiger partial charge in [-0.15, -0.1) is 0 Å². The molecule has 0 saturated carbocycles. The molecule has 20 heavy (non-hydrogen) atoms. The van der Waals surface area contributed by atoms with Crippen LogP contribution in [-0.2, 0) is 11.3 Å². The highest BCUT2D eigenvalue weighted by Crippen LogP contribution is 2.36. The molecule has 3 nitrogen and oxygen atoms in total. The van der Waals surface area contributed by atoms with E-state index in [1.807, 2.05) is 0 Å². The second-order valence-corrected chi connectivity index (χ2v) is 3.89. The molecule has 114 valence electrons. The molecule has 1 aromatic carbocycles. The number of nitrogens with two attached hydrogens (primary N) is 1. The molecule has 1 aromatic rings. The first kappa shape index (κ1) is 16.4. The summed E-state index contributed by atoms with van der Waals surface area (Å²) in [6, 6.07) is 3.81. The van der Waals surface area contributed by atoms with Crippen molar-refractivity contribution in [2.75, 3.05) is 12.8 Å². The van der Waals surface area contributed by atoms with Gasteiger partial charge in [-0.25, -0.2) is 0 Å². The van der Waals surface area contributed by atoms with E-state index in [-0.39, 0.29) is 17.0 Å². The zero-order valence-corrected chi connectivity index (χ0v) is 10.2. The normalized spacial score (nSPS) is 12.8. The Balaban J connectivity index is 2.86. The monoisotopic (exact) mass is 303 g/mol. The van der Waals surface area contributed by atoms with Crippen molar-refractivity contribution in [3.05, 3.63) is 23.8 Å². The first-order chi connectivity index (χ1) is 9.04. The van der Waals surface area contributed by atoms with Crippen molar-refractivity contribution >= 4 is 5.69 Å². The molecule has 0 aromatic heterocycles. The number of hydrogen-bond donors (Lipinski definition) is 1. The van der Waals surface area contributed by atoms with Gasteiger partial charge < -0.3 is 15.2 Å². The van der Waals surface area contributed by atoms with Crippen LogP contribution in [0.3, 0.4) is 0 Å². The maximum absolute atomic E-state index is 12.2. The quantitative estimate of drug-likeness (QED) is 0.686. The van der Waals surface area contributed by atoms with E-state index in [1.165, 1.54) is 25.3 Å². The Bertz CT molecular complexity index is 443. The van der Waals surface area contributed by atoms with Crippen LogP contribution < -0.4 is 10.5 Å². The fourth-order valence-electron chi connectivity index (χ4n) is 1.44. The van der Waals surface area contributed by atoms with Crippen LogP contribution in [0, 0.1) is 0 Å². The Morgan fingerprint density at radius 2 is 1.60 bits per heavy atom. The van der Waals surface area contributed by atoms with E-state index in [4.69, 9.17) is 10.5 Å². The van der Waals surface area contributed by atoms with Gasteiger partial charge in [0.15, 0.2) is 0 Å². The van der Waals surface area contributed by atoms with Crippen molar-refractivity contribution in [2.45, 2.75) is 25.1 Å². The highest BCUT2D eigenvalue weighted by molar-refractivity contribution is 5.47. The maximum atomic E-state index is 12.2. The summed E-state index contributed by atoms with van der Waals surface area (Å²) >= 11 is 0. The Morgan fingerprint density at radius 1 is 1.05 bits per heavy atom. The number of methoxy groups -OCH3 is 1. The van der Waals surface area contributed by atoms with Crippen LogP contribution in [0.15, 0.2) is 18.2 Å². The minimum absolute atomic E-state index is 0.0420. The van der Waals surface area contributed by atoms with Crippen LogP contribution in [-0.4, -0.2) is 25.6 Å². The standard InChI is InChI=1S/C11H11F6NO2/c1-19-8-3-6(2-7(18)4-8)5-20-9(10(12,13)14)11(15,16)17/h2-4,9H,5,18H2,1H3. The molecular formula is C11H11F6NO2. The van der Waals surface area contributed by atoms with E-state index >= 15 is 0 Å². The molecule has 0 aliphatic heterocycles. The molecule has 0 bridgehead atoms. The second kappa shape index (κ2) is 5.78. The summed E-state index contributed by atoms with van der Waals surface area (Å²) in [5.74, 6) is 0.208. The third-order valence-electron chi connectivity index (χ3n) is 2.24. The molecule has 0 saturated heterocycles. The van der Waals surface area contributed by atoms with Crippen LogP contribution in [0.2, 0.25) is 0 Å². The van der Waals surface area contributed by atoms with Crippen LogP contribution in [0.1, 0.15) is 5.56 Å². The van der Waals surface area contributed by atoms with Gasteiger partial charge in [-0.05, 0) is 17.7 Å². The third-order valence-corrected chi connectivity index (χ3v) is 2.24. The van der Waals surface area contributed by atoms with Crippen molar-refractivity contribution in [3.63, 3.8) is 0 Å². The molecule has 0 aliphatic carbocycles. The second-order valence-electron chi connectivity index (χ2n) is 3.89. The highest BCUT2D eigenvalue weighted by Gasteiger charge is 2.57. The number of halogens is 6. The smallest absolute Gasteiger partial charge is 0.423 e. The van der Waals surface area contributed by atoms with Gasteiger partial charge in [0.25, 0.3) is 0 Å². The van der Waals surface area contributed by atoms with Crippen LogP contribution in [0.5, 0.6) is 5.75 Å². The molecule has 9 heteroatoms. The lowest BCUT2D eigenvalue weighted by Gasteiger charge is -2.23. The Morgan fingerprint density at radius 3 is 2.05 bits per heavy atom. The number of rotatable bonds is 4. The highest BCUT2D eigenvalue weighted by atomic mass is 19.4. The molecule has 0 amide bonds. The lowest BCUT2D eigenvalue weighted by molar-refractivity contribution is -0.324. The molecule has 0 heterocycles. The van der Waals surface area contributed by atoms with Gasteiger partial charge in [-0.2, -0.15) is 26.3 Å². The van der Waals surface area contributed by atoms with E-state index in [2.05, 4.69) is 4.74 Å². The van der Waals surface area contributed by atoms with E-state index in [9.17, 15) is 26.3 Å². The minimum Gasteiger partial charge on any atom is -0.497 e. The van der Waals surface area contributed by atoms with Gasteiger partial charge >= 0.3 is 12.4 Å². The molecule has 0 unspecified atom stereocenters. The van der Waals surface area contributed by atoms with Gasteiger partial charge in [0.05, 0.1) is 13.7 Å². The fourth-order valence-corrected chi connectivity index (χ4v) is 1.44. The molecule has 0 radical (unpaired) electrons. The summed E-state index contributed by atoms with van der Waals surface area (Å²) in [6.07, 6.45) is -14.9. The maximum Gasteiger partial charge on any atom is 0.423 e. The van der Waals surface area contributed by atoms with Crippen LogP contribution >= 0.6 is 0 Å². The topological polar surface area (TPSA) is 44.5 Å². The van der Waals surface area contributed by atoms with E-state index in [0.29, 0.717) is 0 Å². The van der Waals surface area contributed by atoms with Gasteiger partial charge in [-0.1, -0.05) is 0 Å². The van der Waals surface area contributed by atoms with E-state index in [1.54, 1.807) is 0 Å². The molecule has 0 spiro atoms. The average molecular weight is 303 g/mol. The molecule has 2 N–H and O–H groups in total. The molecule has 0 aliphatic rings.